The molecule has 0 aliphatic rings. The molecule has 0 saturated carbocycles. The standard InChI is InChI=1S/C14H20N2O/c1-10(2)14(9-17)16-8-13-5-4-12(7-15)6-11(13)3/h4-6,10,14,16-17H,8-9H2,1-3H3/t14-/m1/s1. The van der Waals surface area contributed by atoms with Crippen LogP contribution >= 0.6 is 0 Å². The van der Waals surface area contributed by atoms with Crippen LogP contribution in [0.4, 0.5) is 0 Å². The van der Waals surface area contributed by atoms with Crippen LogP contribution in [-0.4, -0.2) is 17.8 Å². The predicted octanol–water partition coefficient (Wildman–Crippen LogP) is 1.97. The predicted molar refractivity (Wildman–Crippen MR) is 68.4 cm³/mol. The zero-order valence-corrected chi connectivity index (χ0v) is 10.7. The number of benzene rings is 1. The fraction of sp³-hybridized carbons (Fsp3) is 0.500. The Hall–Kier alpha value is -1.37. The molecule has 1 aromatic rings. The maximum absolute atomic E-state index is 9.22. The number of aryl methyl sites for hydroxylation is 1. The van der Waals surface area contributed by atoms with Gasteiger partial charge in [0.25, 0.3) is 0 Å². The summed E-state index contributed by atoms with van der Waals surface area (Å²) in [5, 5.41) is 21.3. The first-order valence-corrected chi connectivity index (χ1v) is 5.92. The summed E-state index contributed by atoms with van der Waals surface area (Å²) in [5.41, 5.74) is 2.97. The molecule has 92 valence electrons. The minimum absolute atomic E-state index is 0.116. The number of nitriles is 1. The van der Waals surface area contributed by atoms with Crippen LogP contribution in [-0.2, 0) is 6.54 Å². The molecule has 0 spiro atoms. The highest BCUT2D eigenvalue weighted by Crippen LogP contribution is 2.11. The van der Waals surface area contributed by atoms with Crippen molar-refractivity contribution in [2.24, 2.45) is 5.92 Å². The summed E-state index contributed by atoms with van der Waals surface area (Å²) in [5.74, 6) is 0.402. The van der Waals surface area contributed by atoms with E-state index >= 15 is 0 Å². The lowest BCUT2D eigenvalue weighted by molar-refractivity contribution is 0.210. The monoisotopic (exact) mass is 232 g/mol. The lowest BCUT2D eigenvalue weighted by Crippen LogP contribution is -2.36. The van der Waals surface area contributed by atoms with Gasteiger partial charge < -0.3 is 10.4 Å². The number of rotatable bonds is 5. The average molecular weight is 232 g/mol. The van der Waals surface area contributed by atoms with E-state index in [-0.39, 0.29) is 12.6 Å². The van der Waals surface area contributed by atoms with Crippen molar-refractivity contribution in [1.82, 2.24) is 5.32 Å². The van der Waals surface area contributed by atoms with Gasteiger partial charge in [0.2, 0.25) is 0 Å². The summed E-state index contributed by atoms with van der Waals surface area (Å²) in [6, 6.07) is 7.93. The van der Waals surface area contributed by atoms with E-state index in [2.05, 4.69) is 25.2 Å². The molecule has 1 atom stereocenters. The van der Waals surface area contributed by atoms with Crippen molar-refractivity contribution in [3.05, 3.63) is 34.9 Å². The first-order chi connectivity index (χ1) is 8.08. The largest absolute Gasteiger partial charge is 0.395 e. The van der Waals surface area contributed by atoms with Gasteiger partial charge in [0.05, 0.1) is 18.2 Å². The second-order valence-corrected chi connectivity index (χ2v) is 4.67. The van der Waals surface area contributed by atoms with Gasteiger partial charge in [0.1, 0.15) is 0 Å². The topological polar surface area (TPSA) is 56.0 Å². The maximum Gasteiger partial charge on any atom is 0.0991 e. The van der Waals surface area contributed by atoms with Gasteiger partial charge in [-0.05, 0) is 36.1 Å². The van der Waals surface area contributed by atoms with Gasteiger partial charge in [-0.3, -0.25) is 0 Å². The van der Waals surface area contributed by atoms with E-state index in [1.54, 1.807) is 0 Å². The summed E-state index contributed by atoms with van der Waals surface area (Å²) < 4.78 is 0. The molecule has 0 unspecified atom stereocenters. The lowest BCUT2D eigenvalue weighted by atomic mass is 10.0. The molecule has 0 aliphatic carbocycles. The fourth-order valence-corrected chi connectivity index (χ4v) is 1.72. The number of nitrogens with zero attached hydrogens (tertiary/aromatic N) is 1. The molecule has 0 aromatic heterocycles. The molecule has 0 heterocycles. The van der Waals surface area contributed by atoms with Crippen LogP contribution in [0.15, 0.2) is 18.2 Å². The van der Waals surface area contributed by atoms with Crippen LogP contribution < -0.4 is 5.32 Å². The Bertz CT molecular complexity index is 407. The minimum Gasteiger partial charge on any atom is -0.395 e. The molecule has 2 N–H and O–H groups in total. The Kier molecular flexibility index (Phi) is 5.14. The zero-order chi connectivity index (χ0) is 12.8. The summed E-state index contributed by atoms with van der Waals surface area (Å²) in [4.78, 5) is 0. The number of hydrogen-bond donors (Lipinski definition) is 2. The second-order valence-electron chi connectivity index (χ2n) is 4.67. The van der Waals surface area contributed by atoms with Crippen molar-refractivity contribution < 1.29 is 5.11 Å². The minimum atomic E-state index is 0.116. The van der Waals surface area contributed by atoms with Crippen molar-refractivity contribution in [2.45, 2.75) is 33.4 Å². The van der Waals surface area contributed by atoms with E-state index in [0.29, 0.717) is 11.5 Å². The molecule has 0 bridgehead atoms. The molecule has 17 heavy (non-hydrogen) atoms. The first-order valence-electron chi connectivity index (χ1n) is 5.92. The van der Waals surface area contributed by atoms with E-state index in [4.69, 9.17) is 5.26 Å². The third-order valence-electron chi connectivity index (χ3n) is 3.03. The molecule has 0 radical (unpaired) electrons. The Balaban J connectivity index is 2.67. The summed E-state index contributed by atoms with van der Waals surface area (Å²) in [7, 11) is 0. The van der Waals surface area contributed by atoms with Crippen molar-refractivity contribution in [3.8, 4) is 6.07 Å². The average Bonchev–Trinajstić information content (AvgIpc) is 2.31. The summed E-state index contributed by atoms with van der Waals surface area (Å²) >= 11 is 0. The highest BCUT2D eigenvalue weighted by molar-refractivity contribution is 5.37. The van der Waals surface area contributed by atoms with E-state index < -0.39 is 0 Å². The Labute approximate surface area is 103 Å². The summed E-state index contributed by atoms with van der Waals surface area (Å²) in [6.45, 7) is 7.04. The van der Waals surface area contributed by atoms with Crippen LogP contribution in [0.5, 0.6) is 0 Å². The molecule has 0 amide bonds. The van der Waals surface area contributed by atoms with Crippen LogP contribution in [0, 0.1) is 24.2 Å². The van der Waals surface area contributed by atoms with Crippen LogP contribution in [0.25, 0.3) is 0 Å². The molecule has 1 aromatic carbocycles. The van der Waals surface area contributed by atoms with E-state index in [1.165, 1.54) is 5.56 Å². The molecule has 1 rings (SSSR count). The molecule has 3 nitrogen and oxygen atoms in total. The first kappa shape index (κ1) is 13.7. The van der Waals surface area contributed by atoms with Crippen LogP contribution in [0.3, 0.4) is 0 Å². The Morgan fingerprint density at radius 2 is 2.12 bits per heavy atom. The third-order valence-corrected chi connectivity index (χ3v) is 3.03. The van der Waals surface area contributed by atoms with Gasteiger partial charge in [0.15, 0.2) is 0 Å². The fourth-order valence-electron chi connectivity index (χ4n) is 1.72. The smallest absolute Gasteiger partial charge is 0.0991 e. The van der Waals surface area contributed by atoms with Gasteiger partial charge >= 0.3 is 0 Å². The van der Waals surface area contributed by atoms with Gasteiger partial charge in [-0.1, -0.05) is 19.9 Å². The highest BCUT2D eigenvalue weighted by Gasteiger charge is 2.11. The normalized spacial score (nSPS) is 12.5. The van der Waals surface area contributed by atoms with Gasteiger partial charge in [0, 0.05) is 12.6 Å². The van der Waals surface area contributed by atoms with Crippen molar-refractivity contribution in [3.63, 3.8) is 0 Å². The van der Waals surface area contributed by atoms with Crippen LogP contribution in [0.2, 0.25) is 0 Å². The van der Waals surface area contributed by atoms with Crippen molar-refractivity contribution >= 4 is 0 Å². The second kappa shape index (κ2) is 6.39. The number of aliphatic hydroxyl groups excluding tert-OH is 1. The molecule has 3 heteroatoms. The van der Waals surface area contributed by atoms with Crippen molar-refractivity contribution in [2.75, 3.05) is 6.61 Å². The quantitative estimate of drug-likeness (QED) is 0.816. The van der Waals surface area contributed by atoms with Crippen molar-refractivity contribution in [1.29, 1.82) is 5.26 Å². The molecular weight excluding hydrogens is 212 g/mol. The maximum atomic E-state index is 9.22. The number of aliphatic hydroxyl groups is 1. The molecular formula is C14H20N2O. The van der Waals surface area contributed by atoms with E-state index in [9.17, 15) is 5.11 Å². The van der Waals surface area contributed by atoms with Gasteiger partial charge in [-0.25, -0.2) is 0 Å². The highest BCUT2D eigenvalue weighted by atomic mass is 16.3. The number of nitrogens with one attached hydrogen (secondary N) is 1. The van der Waals surface area contributed by atoms with Gasteiger partial charge in [-0.15, -0.1) is 0 Å². The van der Waals surface area contributed by atoms with E-state index in [0.717, 1.165) is 12.1 Å². The Morgan fingerprint density at radius 3 is 2.59 bits per heavy atom. The molecule has 0 saturated heterocycles. The molecule has 0 fully saturated rings. The van der Waals surface area contributed by atoms with E-state index in [1.807, 2.05) is 25.1 Å². The Morgan fingerprint density at radius 1 is 1.41 bits per heavy atom. The van der Waals surface area contributed by atoms with Gasteiger partial charge in [-0.2, -0.15) is 5.26 Å². The molecule has 0 aliphatic heterocycles. The third kappa shape index (κ3) is 3.85. The lowest BCUT2D eigenvalue weighted by Gasteiger charge is -2.20. The SMILES string of the molecule is Cc1cc(C#N)ccc1CN[C@H](CO)C(C)C. The number of hydrogen-bond acceptors (Lipinski definition) is 3. The van der Waals surface area contributed by atoms with Crippen LogP contribution in [0.1, 0.15) is 30.5 Å². The summed E-state index contributed by atoms with van der Waals surface area (Å²) in [6.07, 6.45) is 0. The zero-order valence-electron chi connectivity index (χ0n) is 10.7.